The minimum Gasteiger partial charge on any atom is -0.348 e. The van der Waals surface area contributed by atoms with Crippen LogP contribution in [0.4, 0.5) is 0 Å². The van der Waals surface area contributed by atoms with Crippen LogP contribution >= 0.6 is 34.9 Å². The second-order valence-corrected chi connectivity index (χ2v) is 6.53. The van der Waals surface area contributed by atoms with E-state index in [9.17, 15) is 9.59 Å². The van der Waals surface area contributed by atoms with Crippen molar-refractivity contribution in [1.82, 2.24) is 14.7 Å². The van der Waals surface area contributed by atoms with E-state index in [-0.39, 0.29) is 11.5 Å². The zero-order chi connectivity index (χ0) is 14.3. The Kier molecular flexibility index (Phi) is 3.28. The van der Waals surface area contributed by atoms with Gasteiger partial charge in [0.1, 0.15) is 15.2 Å². The molecule has 0 radical (unpaired) electrons. The molecule has 0 saturated carbocycles. The van der Waals surface area contributed by atoms with Crippen LogP contribution in [0.25, 0.3) is 15.9 Å². The van der Waals surface area contributed by atoms with Crippen molar-refractivity contribution in [2.45, 2.75) is 0 Å². The Balaban J connectivity index is 2.33. The Morgan fingerprint density at radius 3 is 3.15 bits per heavy atom. The minimum atomic E-state index is -0.270. The molecule has 0 aliphatic rings. The van der Waals surface area contributed by atoms with Gasteiger partial charge in [-0.2, -0.15) is 0 Å². The summed E-state index contributed by atoms with van der Waals surface area (Å²) >= 11 is 7.83. The highest BCUT2D eigenvalue weighted by Crippen LogP contribution is 2.24. The van der Waals surface area contributed by atoms with Gasteiger partial charge in [-0.1, -0.05) is 17.4 Å². The summed E-state index contributed by atoms with van der Waals surface area (Å²) in [5, 5.41) is 4.52. The number of H-pyrrole nitrogens is 1. The van der Waals surface area contributed by atoms with Gasteiger partial charge in [0.2, 0.25) is 0 Å². The van der Waals surface area contributed by atoms with Gasteiger partial charge in [-0.25, -0.2) is 0 Å². The van der Waals surface area contributed by atoms with Crippen LogP contribution in [0.1, 0.15) is 9.67 Å². The molecule has 3 aromatic heterocycles. The summed E-state index contributed by atoms with van der Waals surface area (Å²) in [6.45, 7) is 3.91. The number of hydrogen-bond acceptors (Lipinski definition) is 5. The number of hydrogen-bond donors (Lipinski definition) is 2. The fraction of sp³-hybridized carbons (Fsp3) is 0.0833. The SMILES string of the molecule is C=CCNC(=O)c1sc(=S)n2c1[nH]c(=O)c1sccc12. The van der Waals surface area contributed by atoms with Gasteiger partial charge >= 0.3 is 0 Å². The third kappa shape index (κ3) is 1.92. The van der Waals surface area contributed by atoms with E-state index in [4.69, 9.17) is 12.2 Å². The van der Waals surface area contributed by atoms with E-state index in [1.165, 1.54) is 22.7 Å². The highest BCUT2D eigenvalue weighted by molar-refractivity contribution is 7.73. The molecular formula is C12H9N3O2S3. The van der Waals surface area contributed by atoms with Crippen LogP contribution in [0.5, 0.6) is 0 Å². The summed E-state index contributed by atoms with van der Waals surface area (Å²) in [5.74, 6) is -0.270. The lowest BCUT2D eigenvalue weighted by molar-refractivity contribution is 0.0963. The molecule has 0 unspecified atom stereocenters. The molecule has 20 heavy (non-hydrogen) atoms. The van der Waals surface area contributed by atoms with Gasteiger partial charge in [-0.05, 0) is 23.7 Å². The summed E-state index contributed by atoms with van der Waals surface area (Å²) < 4.78 is 2.86. The maximum Gasteiger partial charge on any atom is 0.269 e. The Morgan fingerprint density at radius 1 is 1.60 bits per heavy atom. The van der Waals surface area contributed by atoms with Gasteiger partial charge in [0.05, 0.1) is 5.52 Å². The van der Waals surface area contributed by atoms with Crippen molar-refractivity contribution in [1.29, 1.82) is 0 Å². The van der Waals surface area contributed by atoms with Gasteiger partial charge in [0.25, 0.3) is 11.5 Å². The number of thiazole rings is 1. The van der Waals surface area contributed by atoms with Gasteiger partial charge in [0.15, 0.2) is 3.95 Å². The van der Waals surface area contributed by atoms with E-state index in [1.54, 1.807) is 10.5 Å². The summed E-state index contributed by atoms with van der Waals surface area (Å²) in [4.78, 5) is 27.3. The Bertz CT molecular complexity index is 944. The molecule has 0 saturated heterocycles. The van der Waals surface area contributed by atoms with Crippen molar-refractivity contribution in [3.05, 3.63) is 43.3 Å². The van der Waals surface area contributed by atoms with E-state index < -0.39 is 0 Å². The largest absolute Gasteiger partial charge is 0.348 e. The fourth-order valence-electron chi connectivity index (χ4n) is 1.92. The van der Waals surface area contributed by atoms with Gasteiger partial charge < -0.3 is 10.3 Å². The maximum absolute atomic E-state index is 12.1. The molecule has 0 aliphatic heterocycles. The molecule has 3 aromatic rings. The molecule has 102 valence electrons. The lowest BCUT2D eigenvalue weighted by atomic mass is 10.4. The lowest BCUT2D eigenvalue weighted by Crippen LogP contribution is -2.23. The number of fused-ring (bicyclic) bond motifs is 3. The van der Waals surface area contributed by atoms with E-state index >= 15 is 0 Å². The first-order valence-corrected chi connectivity index (χ1v) is 7.78. The van der Waals surface area contributed by atoms with E-state index in [1.807, 2.05) is 11.4 Å². The third-order valence-corrected chi connectivity index (χ3v) is 5.02. The number of nitrogens with zero attached hydrogens (tertiary/aromatic N) is 1. The molecule has 2 N–H and O–H groups in total. The van der Waals surface area contributed by atoms with Crippen molar-refractivity contribution in [2.75, 3.05) is 6.54 Å². The number of carbonyl (C=O) groups excluding carboxylic acids is 1. The van der Waals surface area contributed by atoms with Crippen LogP contribution in [0.15, 0.2) is 28.9 Å². The Hall–Kier alpha value is -1.77. The average Bonchev–Trinajstić information content (AvgIpc) is 3.01. The molecule has 3 heterocycles. The highest BCUT2D eigenvalue weighted by atomic mass is 32.1. The maximum atomic E-state index is 12.1. The molecule has 0 atom stereocenters. The summed E-state index contributed by atoms with van der Waals surface area (Å²) in [5.41, 5.74) is 0.968. The second kappa shape index (κ2) is 4.97. The monoisotopic (exact) mass is 323 g/mol. The van der Waals surface area contributed by atoms with Crippen molar-refractivity contribution in [3.8, 4) is 0 Å². The van der Waals surface area contributed by atoms with Crippen LogP contribution < -0.4 is 10.9 Å². The lowest BCUT2D eigenvalue weighted by Gasteiger charge is -2.01. The smallest absolute Gasteiger partial charge is 0.269 e. The molecule has 0 spiro atoms. The Morgan fingerprint density at radius 2 is 2.40 bits per heavy atom. The van der Waals surface area contributed by atoms with E-state index in [0.717, 1.165) is 5.52 Å². The van der Waals surface area contributed by atoms with E-state index in [2.05, 4.69) is 16.9 Å². The highest BCUT2D eigenvalue weighted by Gasteiger charge is 2.17. The molecule has 8 heteroatoms. The van der Waals surface area contributed by atoms with Gasteiger partial charge in [0, 0.05) is 6.54 Å². The molecule has 0 bridgehead atoms. The number of carbonyl (C=O) groups is 1. The zero-order valence-electron chi connectivity index (χ0n) is 10.1. The number of thiophene rings is 1. The topological polar surface area (TPSA) is 66.4 Å². The van der Waals surface area contributed by atoms with E-state index in [0.29, 0.717) is 25.7 Å². The van der Waals surface area contributed by atoms with Crippen molar-refractivity contribution in [2.24, 2.45) is 0 Å². The molecule has 5 nitrogen and oxygen atoms in total. The number of aromatic amines is 1. The fourth-order valence-corrected chi connectivity index (χ4v) is 3.99. The summed E-state index contributed by atoms with van der Waals surface area (Å²) in [7, 11) is 0. The second-order valence-electron chi connectivity index (χ2n) is 3.97. The molecule has 3 rings (SSSR count). The normalized spacial score (nSPS) is 11.0. The summed E-state index contributed by atoms with van der Waals surface area (Å²) in [6.07, 6.45) is 1.59. The van der Waals surface area contributed by atoms with Crippen LogP contribution in [-0.4, -0.2) is 21.8 Å². The predicted octanol–water partition coefficient (Wildman–Crippen LogP) is 2.55. The number of rotatable bonds is 3. The van der Waals surface area contributed by atoms with Crippen molar-refractivity contribution < 1.29 is 4.79 Å². The number of aromatic nitrogens is 2. The Labute approximate surface area is 126 Å². The predicted molar refractivity (Wildman–Crippen MR) is 84.6 cm³/mol. The first-order valence-electron chi connectivity index (χ1n) is 5.67. The first-order chi connectivity index (χ1) is 9.63. The van der Waals surface area contributed by atoms with Crippen LogP contribution in [0.2, 0.25) is 0 Å². The van der Waals surface area contributed by atoms with Gasteiger partial charge in [-0.15, -0.1) is 17.9 Å². The molecule has 0 aromatic carbocycles. The average molecular weight is 323 g/mol. The number of amides is 1. The first kappa shape index (κ1) is 13.2. The van der Waals surface area contributed by atoms with Crippen molar-refractivity contribution >= 4 is 56.7 Å². The minimum absolute atomic E-state index is 0.208. The summed E-state index contributed by atoms with van der Waals surface area (Å²) in [6, 6.07) is 1.83. The quantitative estimate of drug-likeness (QED) is 0.575. The van der Waals surface area contributed by atoms with Gasteiger partial charge in [-0.3, -0.25) is 14.0 Å². The molecule has 1 amide bonds. The number of nitrogens with one attached hydrogen (secondary N) is 2. The molecule has 0 fully saturated rings. The zero-order valence-corrected chi connectivity index (χ0v) is 12.6. The third-order valence-electron chi connectivity index (χ3n) is 2.75. The van der Waals surface area contributed by atoms with Crippen LogP contribution in [0, 0.1) is 3.95 Å². The van der Waals surface area contributed by atoms with Crippen LogP contribution in [-0.2, 0) is 0 Å². The van der Waals surface area contributed by atoms with Crippen LogP contribution in [0.3, 0.4) is 0 Å². The standard InChI is InChI=1S/C12H9N3O2S3/c1-2-4-13-10(16)8-9-14-11(17)7-6(3-5-19-7)15(9)12(18)20-8/h2-3,5H,1,4H2,(H,13,16)(H,14,17). The molecule has 0 aliphatic carbocycles. The molecular weight excluding hydrogens is 314 g/mol. The van der Waals surface area contributed by atoms with Crippen molar-refractivity contribution in [3.63, 3.8) is 0 Å².